The Labute approximate surface area is 831 Å². The lowest BCUT2D eigenvalue weighted by atomic mass is 9.97. The number of hydrogen-bond acceptors (Lipinski definition) is 3. The maximum Gasteiger partial charge on any atom is 0.135 e. The first kappa shape index (κ1) is 84.2. The van der Waals surface area contributed by atoms with Crippen LogP contribution < -0.4 is 0 Å². The van der Waals surface area contributed by atoms with Crippen LogP contribution in [-0.4, -0.2) is 13.7 Å². The number of hydrogen-bond donors (Lipinski definition) is 0. The number of nitrogens with zero attached hydrogens (tertiary/aromatic N) is 3. The number of fused-ring (bicyclic) bond motifs is 18. The van der Waals surface area contributed by atoms with E-state index in [1.165, 1.54) is 194 Å². The van der Waals surface area contributed by atoms with Crippen LogP contribution in [0.5, 0.6) is 0 Å². The average molecular weight is 1840 g/mol. The van der Waals surface area contributed by atoms with Gasteiger partial charge < -0.3 is 27.0 Å². The van der Waals surface area contributed by atoms with E-state index < -0.39 is 0 Å². The molecule has 6 heteroatoms. The van der Waals surface area contributed by atoms with Crippen molar-refractivity contribution in [2.45, 2.75) is 0 Å². The molecule has 0 unspecified atom stereocenters. The van der Waals surface area contributed by atoms with Crippen LogP contribution in [0.15, 0.2) is 553 Å². The molecular weight excluding hydrogens is 1750 g/mol. The van der Waals surface area contributed by atoms with Gasteiger partial charge in [0.1, 0.15) is 33.5 Å². The third kappa shape index (κ3) is 15.3. The van der Waals surface area contributed by atoms with Crippen molar-refractivity contribution in [3.63, 3.8) is 0 Å². The highest BCUT2D eigenvalue weighted by Crippen LogP contribution is 2.45. The molecule has 674 valence electrons. The molecule has 0 fully saturated rings. The summed E-state index contributed by atoms with van der Waals surface area (Å²) in [6, 6.07) is 194. The van der Waals surface area contributed by atoms with Crippen LogP contribution in [0.1, 0.15) is 0 Å². The van der Waals surface area contributed by atoms with E-state index in [1.807, 2.05) is 36.4 Å². The van der Waals surface area contributed by atoms with E-state index >= 15 is 0 Å². The highest BCUT2D eigenvalue weighted by molar-refractivity contribution is 6.15. The van der Waals surface area contributed by atoms with Gasteiger partial charge in [0.15, 0.2) is 0 Å². The summed E-state index contributed by atoms with van der Waals surface area (Å²) >= 11 is 0. The average Bonchev–Trinajstić information content (AvgIpc) is 1.59. The summed E-state index contributed by atoms with van der Waals surface area (Å²) in [7, 11) is 0. The number of para-hydroxylation sites is 5. The van der Waals surface area contributed by atoms with Gasteiger partial charge in [-0.1, -0.05) is 400 Å². The van der Waals surface area contributed by atoms with Crippen molar-refractivity contribution in [3.8, 4) is 139 Å². The Balaban J connectivity index is 0.000000108. The van der Waals surface area contributed by atoms with Gasteiger partial charge in [-0.3, -0.25) is 0 Å². The first-order valence-electron chi connectivity index (χ1n) is 49.2. The van der Waals surface area contributed by atoms with Crippen molar-refractivity contribution in [2.24, 2.45) is 0 Å². The maximum absolute atomic E-state index is 6.07. The van der Waals surface area contributed by atoms with E-state index in [9.17, 15) is 0 Å². The quantitative estimate of drug-likeness (QED) is 0.109. The fraction of sp³-hybridized carbons (Fsp3) is 0. The van der Waals surface area contributed by atoms with Crippen LogP contribution in [0, 0.1) is 0 Å². The molecule has 6 heterocycles. The summed E-state index contributed by atoms with van der Waals surface area (Å²) in [4.78, 5) is 0. The van der Waals surface area contributed by atoms with Crippen LogP contribution in [0.2, 0.25) is 0 Å². The third-order valence-corrected chi connectivity index (χ3v) is 28.9. The minimum atomic E-state index is 0.917. The zero-order chi connectivity index (χ0) is 95.1. The third-order valence-electron chi connectivity index (χ3n) is 28.9. The van der Waals surface area contributed by atoms with Gasteiger partial charge in [-0.25, -0.2) is 0 Å². The predicted molar refractivity (Wildman–Crippen MR) is 604 cm³/mol. The molecule has 0 spiro atoms. The molecule has 0 aliphatic rings. The van der Waals surface area contributed by atoms with E-state index in [1.54, 1.807) is 0 Å². The number of rotatable bonds is 14. The number of furan rings is 3. The molecular formula is C138H89N3O3. The molecule has 29 aromatic rings. The van der Waals surface area contributed by atoms with E-state index in [-0.39, 0.29) is 0 Å². The Morgan fingerprint density at radius 1 is 0.0972 bits per heavy atom. The van der Waals surface area contributed by atoms with Gasteiger partial charge in [0, 0.05) is 81.7 Å². The second-order valence-electron chi connectivity index (χ2n) is 37.3. The molecule has 144 heavy (non-hydrogen) atoms. The molecule has 0 radical (unpaired) electrons. The summed E-state index contributed by atoms with van der Waals surface area (Å²) in [6.45, 7) is 0. The standard InChI is InChI=1S/2C48H31NO.C42H27NO/c1-3-10-32(11-4-1)38-22-25-41-42-26-23-39(33-12-5-2-6-13-33)31-46(42)49(45(41)30-38)40-15-9-14-36(28-40)34-18-20-35(21-19-34)37-24-27-48-44(29-37)43-16-7-8-17-47(43)50-48;1-3-10-32(11-4-1)37-22-25-45-42(29-37)43-30-38(33-12-5-2-6-13-33)23-26-46(43)49(45)40-15-9-14-36(28-40)34-18-20-35(21-19-34)39-24-27-48-44(31-39)41-16-7-8-17-47(41)50-48;1-4-10-39-35(7-1)36-8-2-5-11-40(36)43(39)34-24-21-31(22-25-34)30-15-13-28(14-16-30)29-17-19-32(20-18-29)33-23-26-42-38(27-33)37-9-3-6-12-41(37)44-42/h2*1-31H;1-27H. The summed E-state index contributed by atoms with van der Waals surface area (Å²) in [6.07, 6.45) is 0. The Morgan fingerprint density at radius 3 is 0.632 bits per heavy atom. The van der Waals surface area contributed by atoms with Crippen LogP contribution in [0.3, 0.4) is 0 Å². The van der Waals surface area contributed by atoms with Gasteiger partial charge in [0.25, 0.3) is 0 Å². The lowest BCUT2D eigenvalue weighted by Crippen LogP contribution is -1.95. The van der Waals surface area contributed by atoms with E-state index in [4.69, 9.17) is 13.3 Å². The summed E-state index contributed by atoms with van der Waals surface area (Å²) < 4.78 is 25.4. The molecule has 0 saturated heterocycles. The van der Waals surface area contributed by atoms with Crippen molar-refractivity contribution in [3.05, 3.63) is 540 Å². The summed E-state index contributed by atoms with van der Waals surface area (Å²) in [5.74, 6) is 0. The van der Waals surface area contributed by atoms with E-state index in [0.717, 1.165) is 77.2 Å². The topological polar surface area (TPSA) is 54.2 Å². The van der Waals surface area contributed by atoms with E-state index in [2.05, 4.69) is 517 Å². The zero-order valence-electron chi connectivity index (χ0n) is 78.5. The smallest absolute Gasteiger partial charge is 0.135 e. The highest BCUT2D eigenvalue weighted by atomic mass is 16.3. The van der Waals surface area contributed by atoms with Gasteiger partial charge in [-0.05, 0) is 262 Å². The molecule has 0 atom stereocenters. The van der Waals surface area contributed by atoms with Crippen molar-refractivity contribution in [2.75, 3.05) is 0 Å². The summed E-state index contributed by atoms with van der Waals surface area (Å²) in [5.41, 5.74) is 42.6. The minimum absolute atomic E-state index is 0.917. The number of benzene rings is 23. The van der Waals surface area contributed by atoms with Gasteiger partial charge in [-0.15, -0.1) is 0 Å². The first-order chi connectivity index (χ1) is 71.3. The van der Waals surface area contributed by atoms with Crippen molar-refractivity contribution >= 4 is 131 Å². The van der Waals surface area contributed by atoms with E-state index in [0.29, 0.717) is 0 Å². The van der Waals surface area contributed by atoms with Crippen LogP contribution in [0.4, 0.5) is 0 Å². The van der Waals surface area contributed by atoms with Gasteiger partial charge in [0.2, 0.25) is 0 Å². The Bertz CT molecular complexity index is 9710. The fourth-order valence-corrected chi connectivity index (χ4v) is 21.6. The highest BCUT2D eigenvalue weighted by Gasteiger charge is 2.22. The predicted octanol–water partition coefficient (Wildman–Crippen LogP) is 38.4. The second-order valence-corrected chi connectivity index (χ2v) is 37.3. The molecule has 0 bridgehead atoms. The Morgan fingerprint density at radius 2 is 0.299 bits per heavy atom. The normalized spacial score (nSPS) is 11.6. The zero-order valence-corrected chi connectivity index (χ0v) is 78.5. The SMILES string of the molecule is c1ccc(-c2ccc3c(c2)c2cc(-c4ccccc4)ccc2n3-c2cccc(-c3ccc(-c4ccc5oc6ccccc6c5c4)cc3)c2)cc1.c1ccc(-c2ccc3c4ccc(-c5ccccc5)cc4n(-c4cccc(-c5ccc(-c6ccc7oc8ccccc8c7c6)cc5)c4)c3c2)cc1.c1ccc2c(c1)oc1ccc(-c3ccc(-c4ccc(-c5ccc(-n6c7ccccc7c7ccccc76)cc5)cc4)cc3)cc12. The monoisotopic (exact) mass is 1840 g/mol. The minimum Gasteiger partial charge on any atom is -0.456 e. The van der Waals surface area contributed by atoms with Crippen LogP contribution in [-0.2, 0) is 0 Å². The maximum atomic E-state index is 6.07. The van der Waals surface area contributed by atoms with Crippen LogP contribution in [0.25, 0.3) is 271 Å². The van der Waals surface area contributed by atoms with Gasteiger partial charge in [-0.2, -0.15) is 0 Å². The summed E-state index contributed by atoms with van der Waals surface area (Å²) in [5, 5.41) is 14.4. The molecule has 23 aromatic carbocycles. The molecule has 6 aromatic heterocycles. The van der Waals surface area contributed by atoms with Gasteiger partial charge in [0.05, 0.1) is 33.1 Å². The molecule has 0 aliphatic heterocycles. The second kappa shape index (κ2) is 35.7. The lowest BCUT2D eigenvalue weighted by molar-refractivity contribution is 0.668. The van der Waals surface area contributed by atoms with Crippen molar-refractivity contribution in [1.29, 1.82) is 0 Å². The molecule has 0 aliphatic carbocycles. The molecule has 0 N–H and O–H groups in total. The van der Waals surface area contributed by atoms with Crippen molar-refractivity contribution in [1.82, 2.24) is 13.7 Å². The number of aromatic nitrogens is 3. The first-order valence-corrected chi connectivity index (χ1v) is 49.2. The Kier molecular flexibility index (Phi) is 20.9. The Hall–Kier alpha value is -19.1. The van der Waals surface area contributed by atoms with Crippen LogP contribution >= 0.6 is 0 Å². The largest absolute Gasteiger partial charge is 0.456 e. The fourth-order valence-electron chi connectivity index (χ4n) is 21.6. The molecule has 0 amide bonds. The molecule has 6 nitrogen and oxygen atoms in total. The molecule has 0 saturated carbocycles. The lowest BCUT2D eigenvalue weighted by Gasteiger charge is -2.12. The molecule has 29 rings (SSSR count). The van der Waals surface area contributed by atoms with Gasteiger partial charge >= 0.3 is 0 Å². The van der Waals surface area contributed by atoms with Crippen molar-refractivity contribution < 1.29 is 13.3 Å².